The van der Waals surface area contributed by atoms with Crippen molar-refractivity contribution in [2.75, 3.05) is 38.8 Å². The zero-order valence-corrected chi connectivity index (χ0v) is 22.1. The molecule has 0 bridgehead atoms. The van der Waals surface area contributed by atoms with Crippen LogP contribution in [-0.2, 0) is 27.7 Å². The first-order chi connectivity index (χ1) is 17.9. The van der Waals surface area contributed by atoms with E-state index in [4.69, 9.17) is 14.6 Å². The standard InChI is InChI=1S/C28H33N3O5S/c1-35-25-12-11-22(17-26(25)36-2)27-23-5-3-4-6-24(23)28(32)31(29-27)19-21-9-7-20(8-10-21)18-30-13-15-37(33,34)16-14-30/h3-4,7-12,17,23-24H,5-6,13-16,18-19H2,1-2H3/t23-,24+/m0/s1. The molecule has 2 aromatic rings. The van der Waals surface area contributed by atoms with E-state index in [2.05, 4.69) is 29.2 Å². The fourth-order valence-corrected chi connectivity index (χ4v) is 6.58. The number of nitrogens with zero attached hydrogens (tertiary/aromatic N) is 3. The Morgan fingerprint density at radius 1 is 0.865 bits per heavy atom. The number of amides is 1. The van der Waals surface area contributed by atoms with Gasteiger partial charge in [0.1, 0.15) is 0 Å². The molecule has 196 valence electrons. The third-order valence-electron chi connectivity index (χ3n) is 7.46. The van der Waals surface area contributed by atoms with Gasteiger partial charge >= 0.3 is 0 Å². The van der Waals surface area contributed by atoms with Crippen LogP contribution in [0.5, 0.6) is 11.5 Å². The Bertz CT molecular complexity index is 1310. The number of allylic oxidation sites excluding steroid dienone is 2. The largest absolute Gasteiger partial charge is 0.493 e. The maximum atomic E-state index is 13.4. The van der Waals surface area contributed by atoms with Gasteiger partial charge in [-0.1, -0.05) is 36.4 Å². The summed E-state index contributed by atoms with van der Waals surface area (Å²) >= 11 is 0. The van der Waals surface area contributed by atoms with Gasteiger partial charge in [0.2, 0.25) is 5.91 Å². The number of methoxy groups -OCH3 is 2. The van der Waals surface area contributed by atoms with Gasteiger partial charge in [0.05, 0.1) is 43.9 Å². The highest BCUT2D eigenvalue weighted by atomic mass is 32.2. The predicted molar refractivity (Wildman–Crippen MR) is 142 cm³/mol. The monoisotopic (exact) mass is 523 g/mol. The summed E-state index contributed by atoms with van der Waals surface area (Å²) in [6.07, 6.45) is 5.72. The van der Waals surface area contributed by atoms with E-state index in [1.165, 1.54) is 0 Å². The number of carbonyl (C=O) groups is 1. The first-order valence-electron chi connectivity index (χ1n) is 12.6. The molecule has 3 aliphatic rings. The second-order valence-electron chi connectivity index (χ2n) is 9.85. The fraction of sp³-hybridized carbons (Fsp3) is 0.429. The van der Waals surface area contributed by atoms with Crippen LogP contribution in [0.25, 0.3) is 0 Å². The van der Waals surface area contributed by atoms with Crippen LogP contribution in [0, 0.1) is 11.8 Å². The Hall–Kier alpha value is -3.17. The van der Waals surface area contributed by atoms with Gasteiger partial charge in [0.25, 0.3) is 0 Å². The van der Waals surface area contributed by atoms with Gasteiger partial charge in [0, 0.05) is 31.1 Å². The Morgan fingerprint density at radius 2 is 1.49 bits per heavy atom. The molecule has 2 aliphatic heterocycles. The first kappa shape index (κ1) is 25.5. The van der Waals surface area contributed by atoms with E-state index < -0.39 is 9.84 Å². The second-order valence-corrected chi connectivity index (χ2v) is 12.2. The Kier molecular flexibility index (Phi) is 7.35. The normalized spacial score (nSPS) is 23.4. The van der Waals surface area contributed by atoms with Crippen LogP contribution in [0.1, 0.15) is 29.5 Å². The molecule has 1 fully saturated rings. The Balaban J connectivity index is 1.35. The number of hydrogen-bond donors (Lipinski definition) is 0. The summed E-state index contributed by atoms with van der Waals surface area (Å²) in [5, 5.41) is 6.49. The van der Waals surface area contributed by atoms with Gasteiger partial charge in [-0.2, -0.15) is 5.10 Å². The number of ether oxygens (including phenoxy) is 2. The van der Waals surface area contributed by atoms with E-state index in [1.54, 1.807) is 19.2 Å². The molecule has 0 unspecified atom stereocenters. The summed E-state index contributed by atoms with van der Waals surface area (Å²) in [6, 6.07) is 14.0. The average molecular weight is 524 g/mol. The minimum absolute atomic E-state index is 0.0302. The summed E-state index contributed by atoms with van der Waals surface area (Å²) < 4.78 is 34.3. The van der Waals surface area contributed by atoms with Crippen LogP contribution in [0.2, 0.25) is 0 Å². The smallest absolute Gasteiger partial charge is 0.247 e. The highest BCUT2D eigenvalue weighted by molar-refractivity contribution is 7.91. The minimum atomic E-state index is -2.89. The Morgan fingerprint density at radius 3 is 2.14 bits per heavy atom. The summed E-state index contributed by atoms with van der Waals surface area (Å²) in [7, 11) is 0.340. The molecule has 0 radical (unpaired) electrons. The molecule has 0 saturated carbocycles. The molecule has 37 heavy (non-hydrogen) atoms. The van der Waals surface area contributed by atoms with Gasteiger partial charge in [0.15, 0.2) is 21.3 Å². The molecule has 0 aromatic heterocycles. The quantitative estimate of drug-likeness (QED) is 0.518. The van der Waals surface area contributed by atoms with E-state index in [0.717, 1.165) is 35.4 Å². The van der Waals surface area contributed by atoms with Gasteiger partial charge in [-0.3, -0.25) is 9.69 Å². The minimum Gasteiger partial charge on any atom is -0.493 e. The molecule has 1 amide bonds. The molecular formula is C28H33N3O5S. The topological polar surface area (TPSA) is 88.5 Å². The summed E-state index contributed by atoms with van der Waals surface area (Å²) in [4.78, 5) is 15.6. The third kappa shape index (κ3) is 5.57. The maximum Gasteiger partial charge on any atom is 0.247 e. The van der Waals surface area contributed by atoms with Gasteiger partial charge in [-0.25, -0.2) is 13.4 Å². The van der Waals surface area contributed by atoms with Crippen molar-refractivity contribution in [3.63, 3.8) is 0 Å². The van der Waals surface area contributed by atoms with Crippen molar-refractivity contribution in [3.05, 3.63) is 71.3 Å². The molecule has 2 heterocycles. The molecule has 5 rings (SSSR count). The zero-order chi connectivity index (χ0) is 26.0. The van der Waals surface area contributed by atoms with Crippen LogP contribution < -0.4 is 9.47 Å². The molecule has 1 saturated heterocycles. The van der Waals surface area contributed by atoms with E-state index in [0.29, 0.717) is 37.6 Å². The number of carbonyl (C=O) groups excluding carboxylic acids is 1. The molecule has 8 nitrogen and oxygen atoms in total. The van der Waals surface area contributed by atoms with Crippen molar-refractivity contribution in [2.24, 2.45) is 16.9 Å². The van der Waals surface area contributed by atoms with Crippen LogP contribution in [-0.4, -0.2) is 68.8 Å². The van der Waals surface area contributed by atoms with E-state index in [-0.39, 0.29) is 29.2 Å². The van der Waals surface area contributed by atoms with Gasteiger partial charge < -0.3 is 9.47 Å². The number of hydrazone groups is 1. The highest BCUT2D eigenvalue weighted by Gasteiger charge is 2.40. The molecule has 0 spiro atoms. The fourth-order valence-electron chi connectivity index (χ4n) is 5.30. The van der Waals surface area contributed by atoms with E-state index >= 15 is 0 Å². The van der Waals surface area contributed by atoms with Crippen LogP contribution in [0.3, 0.4) is 0 Å². The van der Waals surface area contributed by atoms with Gasteiger partial charge in [-0.15, -0.1) is 0 Å². The van der Waals surface area contributed by atoms with Crippen molar-refractivity contribution < 1.29 is 22.7 Å². The summed E-state index contributed by atoms with van der Waals surface area (Å²) in [5.41, 5.74) is 3.95. The molecule has 1 aliphatic carbocycles. The number of hydrogen-bond acceptors (Lipinski definition) is 7. The Labute approximate surface area is 218 Å². The maximum absolute atomic E-state index is 13.4. The lowest BCUT2D eigenvalue weighted by molar-refractivity contribution is -0.138. The van der Waals surface area contributed by atoms with Crippen molar-refractivity contribution in [3.8, 4) is 11.5 Å². The van der Waals surface area contributed by atoms with Crippen LogP contribution in [0.4, 0.5) is 0 Å². The summed E-state index contributed by atoms with van der Waals surface area (Å²) in [5.74, 6) is 1.68. The van der Waals surface area contributed by atoms with E-state index in [1.807, 2.05) is 30.3 Å². The first-order valence-corrected chi connectivity index (χ1v) is 14.5. The number of rotatable bonds is 7. The zero-order valence-electron chi connectivity index (χ0n) is 21.3. The van der Waals surface area contributed by atoms with Crippen LogP contribution >= 0.6 is 0 Å². The van der Waals surface area contributed by atoms with Crippen molar-refractivity contribution in [1.29, 1.82) is 0 Å². The average Bonchev–Trinajstić information content (AvgIpc) is 2.92. The molecule has 2 aromatic carbocycles. The lowest BCUT2D eigenvalue weighted by atomic mass is 9.76. The third-order valence-corrected chi connectivity index (χ3v) is 9.07. The van der Waals surface area contributed by atoms with Crippen molar-refractivity contribution in [1.82, 2.24) is 9.91 Å². The molecule has 9 heteroatoms. The lowest BCUT2D eigenvalue weighted by Gasteiger charge is -2.37. The number of sulfone groups is 1. The second kappa shape index (κ2) is 10.7. The molecule has 2 atom stereocenters. The molecule has 0 N–H and O–H groups in total. The summed E-state index contributed by atoms with van der Waals surface area (Å²) in [6.45, 7) is 2.24. The number of fused-ring (bicyclic) bond motifs is 1. The van der Waals surface area contributed by atoms with E-state index in [9.17, 15) is 13.2 Å². The van der Waals surface area contributed by atoms with Crippen LogP contribution in [0.15, 0.2) is 59.7 Å². The SMILES string of the molecule is COc1ccc(C2=NN(Cc3ccc(CN4CCS(=O)(=O)CC4)cc3)C(=O)[C@@H]3CC=CC[C@H]23)cc1OC. The van der Waals surface area contributed by atoms with Crippen molar-refractivity contribution in [2.45, 2.75) is 25.9 Å². The van der Waals surface area contributed by atoms with Gasteiger partial charge in [-0.05, 0) is 42.2 Å². The van der Waals surface area contributed by atoms with Crippen molar-refractivity contribution >= 4 is 21.5 Å². The lowest BCUT2D eigenvalue weighted by Crippen LogP contribution is -2.45. The molecular weight excluding hydrogens is 490 g/mol. The number of benzene rings is 2. The predicted octanol–water partition coefficient (Wildman–Crippen LogP) is 3.26. The highest BCUT2D eigenvalue weighted by Crippen LogP contribution is 2.37.